The zero-order valence-corrected chi connectivity index (χ0v) is 11.1. The summed E-state index contributed by atoms with van der Waals surface area (Å²) in [6.45, 7) is 5.09. The van der Waals surface area contributed by atoms with E-state index in [1.807, 2.05) is 18.7 Å². The molecule has 1 saturated heterocycles. The number of aryl methyl sites for hydroxylation is 2. The van der Waals surface area contributed by atoms with Crippen LogP contribution in [0.5, 0.6) is 0 Å². The molecule has 0 saturated carbocycles. The van der Waals surface area contributed by atoms with Crippen LogP contribution in [-0.2, 0) is 11.2 Å². The molecule has 1 amide bonds. The minimum atomic E-state index is 0.138. The number of amides is 1. The molecule has 1 unspecified atom stereocenters. The molecule has 2 N–H and O–H groups in total. The number of carbonyl (C=O) groups is 1. The van der Waals surface area contributed by atoms with E-state index in [0.29, 0.717) is 13.0 Å². The van der Waals surface area contributed by atoms with Gasteiger partial charge in [0, 0.05) is 24.7 Å². The van der Waals surface area contributed by atoms with E-state index in [4.69, 9.17) is 10.3 Å². The van der Waals surface area contributed by atoms with Crippen LogP contribution < -0.4 is 5.73 Å². The summed E-state index contributed by atoms with van der Waals surface area (Å²) >= 11 is 0. The first-order valence-corrected chi connectivity index (χ1v) is 6.54. The van der Waals surface area contributed by atoms with Crippen molar-refractivity contribution in [3.63, 3.8) is 0 Å². The first-order valence-electron chi connectivity index (χ1n) is 6.54. The highest BCUT2D eigenvalue weighted by Gasteiger charge is 2.26. The van der Waals surface area contributed by atoms with E-state index < -0.39 is 0 Å². The summed E-state index contributed by atoms with van der Waals surface area (Å²) in [5, 5.41) is 3.88. The van der Waals surface area contributed by atoms with Gasteiger partial charge in [0.1, 0.15) is 5.76 Å². The number of likely N-dealkylation sites (tertiary alicyclic amines) is 1. The molecule has 5 heteroatoms. The Labute approximate surface area is 107 Å². The van der Waals surface area contributed by atoms with Crippen LogP contribution in [0.25, 0.3) is 0 Å². The van der Waals surface area contributed by atoms with Crippen molar-refractivity contribution < 1.29 is 9.32 Å². The van der Waals surface area contributed by atoms with E-state index in [1.54, 1.807) is 0 Å². The maximum absolute atomic E-state index is 12.3. The van der Waals surface area contributed by atoms with Gasteiger partial charge in [0.2, 0.25) is 5.91 Å². The van der Waals surface area contributed by atoms with Crippen LogP contribution in [0.2, 0.25) is 0 Å². The van der Waals surface area contributed by atoms with Crippen molar-refractivity contribution in [1.82, 2.24) is 10.1 Å². The SMILES string of the molecule is Cc1noc(C)c1CC(=O)N1CCCCC1CN. The zero-order valence-electron chi connectivity index (χ0n) is 11.1. The number of hydrogen-bond donors (Lipinski definition) is 1. The Hall–Kier alpha value is -1.36. The number of aromatic nitrogens is 1. The van der Waals surface area contributed by atoms with E-state index in [0.717, 1.165) is 42.8 Å². The van der Waals surface area contributed by atoms with Crippen molar-refractivity contribution in [2.45, 2.75) is 45.6 Å². The topological polar surface area (TPSA) is 72.4 Å². The Morgan fingerprint density at radius 1 is 1.50 bits per heavy atom. The van der Waals surface area contributed by atoms with Crippen LogP contribution >= 0.6 is 0 Å². The lowest BCUT2D eigenvalue weighted by Crippen LogP contribution is -2.48. The number of nitrogens with zero attached hydrogens (tertiary/aromatic N) is 2. The van der Waals surface area contributed by atoms with Gasteiger partial charge in [-0.3, -0.25) is 4.79 Å². The number of nitrogens with two attached hydrogens (primary N) is 1. The van der Waals surface area contributed by atoms with Crippen molar-refractivity contribution in [2.24, 2.45) is 5.73 Å². The summed E-state index contributed by atoms with van der Waals surface area (Å²) in [5.74, 6) is 0.877. The predicted octanol–water partition coefficient (Wildman–Crippen LogP) is 1.17. The molecule has 18 heavy (non-hydrogen) atoms. The lowest BCUT2D eigenvalue weighted by molar-refractivity contribution is -0.133. The van der Waals surface area contributed by atoms with Gasteiger partial charge in [0.25, 0.3) is 0 Å². The fraction of sp³-hybridized carbons (Fsp3) is 0.692. The molecular weight excluding hydrogens is 230 g/mol. The average molecular weight is 251 g/mol. The van der Waals surface area contributed by atoms with Crippen LogP contribution in [0, 0.1) is 13.8 Å². The first-order chi connectivity index (χ1) is 8.63. The van der Waals surface area contributed by atoms with Crippen LogP contribution in [0.15, 0.2) is 4.52 Å². The van der Waals surface area contributed by atoms with Gasteiger partial charge in [-0.05, 0) is 33.1 Å². The monoisotopic (exact) mass is 251 g/mol. The Morgan fingerprint density at radius 2 is 2.28 bits per heavy atom. The van der Waals surface area contributed by atoms with Gasteiger partial charge in [-0.2, -0.15) is 0 Å². The van der Waals surface area contributed by atoms with Crippen molar-refractivity contribution in [2.75, 3.05) is 13.1 Å². The quantitative estimate of drug-likeness (QED) is 0.875. The summed E-state index contributed by atoms with van der Waals surface area (Å²) in [6, 6.07) is 0.201. The zero-order chi connectivity index (χ0) is 13.1. The molecule has 1 aromatic heterocycles. The maximum atomic E-state index is 12.3. The summed E-state index contributed by atoms with van der Waals surface area (Å²) in [6.07, 6.45) is 3.63. The first kappa shape index (κ1) is 13.1. The molecule has 0 bridgehead atoms. The molecule has 2 rings (SSSR count). The van der Waals surface area contributed by atoms with Gasteiger partial charge in [-0.15, -0.1) is 0 Å². The second-order valence-electron chi connectivity index (χ2n) is 4.95. The molecule has 1 aromatic rings. The van der Waals surface area contributed by atoms with Crippen LogP contribution in [0.4, 0.5) is 0 Å². The van der Waals surface area contributed by atoms with Gasteiger partial charge >= 0.3 is 0 Å². The molecule has 0 aromatic carbocycles. The predicted molar refractivity (Wildman–Crippen MR) is 68.1 cm³/mol. The third-order valence-electron chi connectivity index (χ3n) is 3.73. The molecule has 0 radical (unpaired) electrons. The van der Waals surface area contributed by atoms with E-state index >= 15 is 0 Å². The van der Waals surface area contributed by atoms with Gasteiger partial charge < -0.3 is 15.2 Å². The van der Waals surface area contributed by atoms with E-state index in [2.05, 4.69) is 5.16 Å². The van der Waals surface area contributed by atoms with E-state index in [-0.39, 0.29) is 11.9 Å². The van der Waals surface area contributed by atoms with Gasteiger partial charge in [-0.25, -0.2) is 0 Å². The molecule has 1 aliphatic rings. The highest BCUT2D eigenvalue weighted by atomic mass is 16.5. The molecule has 5 nitrogen and oxygen atoms in total. The van der Waals surface area contributed by atoms with Crippen molar-refractivity contribution >= 4 is 5.91 Å². The second-order valence-corrected chi connectivity index (χ2v) is 4.95. The summed E-state index contributed by atoms with van der Waals surface area (Å²) < 4.78 is 5.09. The lowest BCUT2D eigenvalue weighted by atomic mass is 10.0. The maximum Gasteiger partial charge on any atom is 0.227 e. The van der Waals surface area contributed by atoms with E-state index in [1.165, 1.54) is 0 Å². The number of rotatable bonds is 3. The minimum Gasteiger partial charge on any atom is -0.361 e. The normalized spacial score (nSPS) is 20.2. The summed E-state index contributed by atoms with van der Waals surface area (Å²) in [7, 11) is 0. The van der Waals surface area contributed by atoms with Gasteiger partial charge in [0.15, 0.2) is 0 Å². The molecule has 2 heterocycles. The Balaban J connectivity index is 2.07. The fourth-order valence-electron chi connectivity index (χ4n) is 2.58. The highest BCUT2D eigenvalue weighted by Crippen LogP contribution is 2.19. The largest absolute Gasteiger partial charge is 0.361 e. The highest BCUT2D eigenvalue weighted by molar-refractivity contribution is 5.79. The smallest absolute Gasteiger partial charge is 0.227 e. The van der Waals surface area contributed by atoms with Gasteiger partial charge in [-0.1, -0.05) is 5.16 Å². The molecule has 1 fully saturated rings. The molecule has 100 valence electrons. The van der Waals surface area contributed by atoms with Crippen molar-refractivity contribution in [3.05, 3.63) is 17.0 Å². The third-order valence-corrected chi connectivity index (χ3v) is 3.73. The molecule has 1 atom stereocenters. The van der Waals surface area contributed by atoms with Crippen LogP contribution in [-0.4, -0.2) is 35.1 Å². The standard InChI is InChI=1S/C13H21N3O2/c1-9-12(10(2)18-15-9)7-13(17)16-6-4-3-5-11(16)8-14/h11H,3-8,14H2,1-2H3. The lowest BCUT2D eigenvalue weighted by Gasteiger charge is -2.35. The fourth-order valence-corrected chi connectivity index (χ4v) is 2.58. The molecule has 1 aliphatic heterocycles. The number of carbonyl (C=O) groups excluding carboxylic acids is 1. The molecule has 0 aliphatic carbocycles. The summed E-state index contributed by atoms with van der Waals surface area (Å²) in [4.78, 5) is 14.3. The average Bonchev–Trinajstić information content (AvgIpc) is 2.70. The van der Waals surface area contributed by atoms with Crippen molar-refractivity contribution in [1.29, 1.82) is 0 Å². The Kier molecular flexibility index (Phi) is 4.01. The van der Waals surface area contributed by atoms with E-state index in [9.17, 15) is 4.79 Å². The number of hydrogen-bond acceptors (Lipinski definition) is 4. The second kappa shape index (κ2) is 5.52. The number of piperidine rings is 1. The van der Waals surface area contributed by atoms with Crippen LogP contribution in [0.3, 0.4) is 0 Å². The van der Waals surface area contributed by atoms with Gasteiger partial charge in [0.05, 0.1) is 12.1 Å². The summed E-state index contributed by atoms with van der Waals surface area (Å²) in [5.41, 5.74) is 7.47. The Bertz CT molecular complexity index is 408. The Morgan fingerprint density at radius 3 is 2.89 bits per heavy atom. The molecule has 0 spiro atoms. The van der Waals surface area contributed by atoms with Crippen LogP contribution in [0.1, 0.15) is 36.3 Å². The molecular formula is C13H21N3O2. The van der Waals surface area contributed by atoms with Crippen molar-refractivity contribution in [3.8, 4) is 0 Å². The third kappa shape index (κ3) is 2.56. The minimum absolute atomic E-state index is 0.138.